The molecule has 0 saturated carbocycles. The molecule has 164 valence electrons. The third-order valence-corrected chi connectivity index (χ3v) is 7.26. The maximum Gasteiger partial charge on any atom is 0.121 e. The van der Waals surface area contributed by atoms with Crippen LogP contribution in [-0.2, 0) is 5.41 Å². The van der Waals surface area contributed by atoms with Crippen LogP contribution in [0.3, 0.4) is 0 Å². The Kier molecular flexibility index (Phi) is 5.00. The van der Waals surface area contributed by atoms with Crippen LogP contribution >= 0.6 is 0 Å². The maximum absolute atomic E-state index is 2.51. The van der Waals surface area contributed by atoms with Crippen LogP contribution in [0.4, 0.5) is 17.1 Å². The summed E-state index contributed by atoms with van der Waals surface area (Å²) in [5, 5.41) is 2.61. The van der Waals surface area contributed by atoms with Gasteiger partial charge >= 0.3 is 0 Å². The fourth-order valence-electron chi connectivity index (χ4n) is 5.60. The summed E-state index contributed by atoms with van der Waals surface area (Å²) < 4.78 is 0. The molecule has 0 atom stereocenters. The molecule has 0 N–H and O–H groups in total. The second kappa shape index (κ2) is 7.74. The van der Waals surface area contributed by atoms with Gasteiger partial charge in [0.05, 0.1) is 11.4 Å². The van der Waals surface area contributed by atoms with Crippen molar-refractivity contribution < 1.29 is 0 Å². The molecule has 5 rings (SSSR count). The van der Waals surface area contributed by atoms with Gasteiger partial charge in [-0.2, -0.15) is 0 Å². The van der Waals surface area contributed by atoms with Gasteiger partial charge < -0.3 is 14.7 Å². The predicted molar refractivity (Wildman–Crippen MR) is 139 cm³/mol. The highest BCUT2D eigenvalue weighted by molar-refractivity contribution is 5.95. The summed E-state index contributed by atoms with van der Waals surface area (Å²) in [5.74, 6) is 0. The molecule has 0 fully saturated rings. The molecule has 2 heterocycles. The topological polar surface area (TPSA) is 9.72 Å². The average molecular weight is 424 g/mol. The summed E-state index contributed by atoms with van der Waals surface area (Å²) >= 11 is 0. The third-order valence-electron chi connectivity index (χ3n) is 7.26. The van der Waals surface area contributed by atoms with E-state index in [1.54, 1.807) is 0 Å². The van der Waals surface area contributed by atoms with E-state index in [9.17, 15) is 0 Å². The summed E-state index contributed by atoms with van der Waals surface area (Å²) in [4.78, 5) is 7.36. The van der Waals surface area contributed by atoms with Crippen molar-refractivity contribution in [3.8, 4) is 0 Å². The zero-order valence-corrected chi connectivity index (χ0v) is 19.8. The van der Waals surface area contributed by atoms with Crippen molar-refractivity contribution in [3.05, 3.63) is 90.2 Å². The minimum atomic E-state index is 0.000926. The molecule has 0 aromatic heterocycles. The number of benzene rings is 3. The first-order chi connectivity index (χ1) is 15.5. The molecule has 0 aliphatic carbocycles. The van der Waals surface area contributed by atoms with Gasteiger partial charge in [0.1, 0.15) is 6.17 Å². The van der Waals surface area contributed by atoms with E-state index in [2.05, 4.69) is 128 Å². The molecule has 0 spiro atoms. The fourth-order valence-corrected chi connectivity index (χ4v) is 5.60. The normalized spacial score (nSPS) is 18.9. The molecule has 0 bridgehead atoms. The van der Waals surface area contributed by atoms with Crippen molar-refractivity contribution in [2.75, 3.05) is 34.8 Å². The van der Waals surface area contributed by atoms with E-state index in [1.165, 1.54) is 39.1 Å². The summed E-state index contributed by atoms with van der Waals surface area (Å²) in [6, 6.07) is 22.1. The summed E-state index contributed by atoms with van der Waals surface area (Å²) in [6.07, 6.45) is 7.16. The number of likely N-dealkylation sites (N-methyl/N-ethyl adjacent to an activating group) is 3. The second-order valence-corrected chi connectivity index (χ2v) is 9.31. The van der Waals surface area contributed by atoms with E-state index in [0.29, 0.717) is 0 Å². The first kappa shape index (κ1) is 20.7. The monoisotopic (exact) mass is 423 g/mol. The number of anilines is 3. The molecule has 3 aromatic rings. The van der Waals surface area contributed by atoms with Crippen molar-refractivity contribution in [1.82, 2.24) is 0 Å². The minimum Gasteiger partial charge on any atom is -0.347 e. The molecule has 32 heavy (non-hydrogen) atoms. The lowest BCUT2D eigenvalue weighted by molar-refractivity contribution is 0.640. The van der Waals surface area contributed by atoms with Crippen LogP contribution in [0.5, 0.6) is 0 Å². The van der Waals surface area contributed by atoms with Crippen LogP contribution in [0.25, 0.3) is 10.8 Å². The van der Waals surface area contributed by atoms with Crippen LogP contribution in [-0.4, -0.2) is 26.3 Å². The Morgan fingerprint density at radius 3 is 1.94 bits per heavy atom. The highest BCUT2D eigenvalue weighted by atomic mass is 15.4. The van der Waals surface area contributed by atoms with Crippen LogP contribution in [0, 0.1) is 0 Å². The molecule has 0 amide bonds. The number of nitrogens with zero attached hydrogens (tertiary/aromatic N) is 3. The number of hydrogen-bond acceptors (Lipinski definition) is 3. The lowest BCUT2D eigenvalue weighted by Crippen LogP contribution is -2.41. The number of hydrogen-bond donors (Lipinski definition) is 0. The Labute approximate surface area is 192 Å². The van der Waals surface area contributed by atoms with Crippen molar-refractivity contribution >= 4 is 27.8 Å². The Hall–Kier alpha value is -3.20. The zero-order valence-electron chi connectivity index (χ0n) is 19.8. The lowest BCUT2D eigenvalue weighted by atomic mass is 9.84. The molecule has 0 unspecified atom stereocenters. The largest absolute Gasteiger partial charge is 0.347 e. The Morgan fingerprint density at radius 1 is 0.812 bits per heavy atom. The van der Waals surface area contributed by atoms with Crippen LogP contribution in [0.2, 0.25) is 0 Å². The minimum absolute atomic E-state index is 0.000926. The predicted octanol–water partition coefficient (Wildman–Crippen LogP) is 6.70. The number of allylic oxidation sites excluding steroid dienone is 3. The van der Waals surface area contributed by atoms with E-state index in [0.717, 1.165) is 13.1 Å². The third kappa shape index (κ3) is 3.02. The van der Waals surface area contributed by atoms with Gasteiger partial charge in [-0.05, 0) is 60.5 Å². The first-order valence-corrected chi connectivity index (χ1v) is 11.8. The lowest BCUT2D eigenvalue weighted by Gasteiger charge is -2.29. The number of para-hydroxylation sites is 1. The molecular weight excluding hydrogens is 390 g/mol. The Bertz CT molecular complexity index is 1170. The highest BCUT2D eigenvalue weighted by Crippen LogP contribution is 2.47. The van der Waals surface area contributed by atoms with E-state index in [-0.39, 0.29) is 11.6 Å². The maximum atomic E-state index is 2.51. The van der Waals surface area contributed by atoms with Gasteiger partial charge in [-0.15, -0.1) is 0 Å². The van der Waals surface area contributed by atoms with Gasteiger partial charge in [-0.1, -0.05) is 62.4 Å². The van der Waals surface area contributed by atoms with Gasteiger partial charge in [0.15, 0.2) is 0 Å². The average Bonchev–Trinajstić information content (AvgIpc) is 3.20. The number of rotatable bonds is 4. The standard InChI is InChI=1S/C29H33N3/c1-6-31-25-19-21-13-8-9-14-22(21)20-26(25)32(7-2)28(31)18-12-17-27-29(3,4)23-15-10-11-16-24(23)30(27)5/h8-20,28H,6-7H2,1-5H3/b18-12+,27-17+. The summed E-state index contributed by atoms with van der Waals surface area (Å²) in [6.45, 7) is 11.1. The highest BCUT2D eigenvalue weighted by Gasteiger charge is 2.38. The fraction of sp³-hybridized carbons (Fsp3) is 0.310. The van der Waals surface area contributed by atoms with Crippen LogP contribution in [0.15, 0.2) is 84.6 Å². The Morgan fingerprint density at radius 2 is 1.38 bits per heavy atom. The van der Waals surface area contributed by atoms with Gasteiger partial charge in [0, 0.05) is 36.9 Å². The SMILES string of the molecule is CCN1c2cc3ccccc3cc2N(CC)C1/C=C/C=C1/N(C)c2ccccc2C1(C)C. The van der Waals surface area contributed by atoms with Crippen LogP contribution in [0.1, 0.15) is 33.3 Å². The van der Waals surface area contributed by atoms with Gasteiger partial charge in [0.25, 0.3) is 0 Å². The number of fused-ring (bicyclic) bond motifs is 3. The zero-order chi connectivity index (χ0) is 22.5. The molecule has 2 aliphatic heterocycles. The summed E-state index contributed by atoms with van der Waals surface area (Å²) in [5.41, 5.74) is 6.71. The molecule has 0 radical (unpaired) electrons. The smallest absolute Gasteiger partial charge is 0.121 e. The van der Waals surface area contributed by atoms with Gasteiger partial charge in [0.2, 0.25) is 0 Å². The quantitative estimate of drug-likeness (QED) is 0.462. The molecular formula is C29H33N3. The summed E-state index contributed by atoms with van der Waals surface area (Å²) in [7, 11) is 2.18. The molecule has 0 saturated heterocycles. The molecule has 3 heteroatoms. The van der Waals surface area contributed by atoms with Crippen molar-refractivity contribution in [2.45, 2.75) is 39.3 Å². The van der Waals surface area contributed by atoms with Crippen molar-refractivity contribution in [1.29, 1.82) is 0 Å². The van der Waals surface area contributed by atoms with E-state index in [4.69, 9.17) is 0 Å². The molecule has 3 aromatic carbocycles. The van der Waals surface area contributed by atoms with E-state index < -0.39 is 0 Å². The van der Waals surface area contributed by atoms with Crippen molar-refractivity contribution in [3.63, 3.8) is 0 Å². The molecule has 3 nitrogen and oxygen atoms in total. The van der Waals surface area contributed by atoms with Crippen molar-refractivity contribution in [2.24, 2.45) is 0 Å². The first-order valence-electron chi connectivity index (χ1n) is 11.8. The van der Waals surface area contributed by atoms with Crippen LogP contribution < -0.4 is 14.7 Å². The van der Waals surface area contributed by atoms with Gasteiger partial charge in [-0.3, -0.25) is 0 Å². The molecule has 2 aliphatic rings. The van der Waals surface area contributed by atoms with E-state index in [1.807, 2.05) is 0 Å². The Balaban J connectivity index is 1.50. The second-order valence-electron chi connectivity index (χ2n) is 9.31. The van der Waals surface area contributed by atoms with E-state index >= 15 is 0 Å². The van der Waals surface area contributed by atoms with Gasteiger partial charge in [-0.25, -0.2) is 0 Å².